The Hall–Kier alpha value is -1.06. The summed E-state index contributed by atoms with van der Waals surface area (Å²) in [5.41, 5.74) is 0. The zero-order chi connectivity index (χ0) is 23.0. The van der Waals surface area contributed by atoms with Crippen LogP contribution in [0.25, 0.3) is 0 Å². The first kappa shape index (κ1) is 31.1. The molecule has 0 fully saturated rings. The highest BCUT2D eigenvalue weighted by Crippen LogP contribution is 2.10. The summed E-state index contributed by atoms with van der Waals surface area (Å²) in [5, 5.41) is 36.8. The van der Waals surface area contributed by atoms with Gasteiger partial charge in [-0.15, -0.1) is 0 Å². The quantitative estimate of drug-likeness (QED) is 0.183. The van der Waals surface area contributed by atoms with Gasteiger partial charge in [-0.3, -0.25) is 19.8 Å². The highest BCUT2D eigenvalue weighted by Gasteiger charge is 2.11. The highest BCUT2D eigenvalue weighted by atomic mass is 16.4. The summed E-state index contributed by atoms with van der Waals surface area (Å²) in [4.78, 5) is 23.9. The third-order valence-electron chi connectivity index (χ3n) is 4.78. The Kier molecular flexibility index (Phi) is 25.1. The maximum Gasteiger partial charge on any atom is 0.320 e. The number of hydrogen-bond acceptors (Lipinski definition) is 7. The number of nitrogens with one attached hydrogen (secondary N) is 1. The second-order valence-corrected chi connectivity index (χ2v) is 7.57. The van der Waals surface area contributed by atoms with E-state index in [0.717, 1.165) is 12.8 Å². The van der Waals surface area contributed by atoms with E-state index < -0.39 is 12.0 Å². The molecule has 180 valence electrons. The van der Waals surface area contributed by atoms with Crippen LogP contribution in [0.4, 0.5) is 0 Å². The van der Waals surface area contributed by atoms with Crippen molar-refractivity contribution < 1.29 is 30.0 Å². The minimum Gasteiger partial charge on any atom is -0.480 e. The maximum absolute atomic E-state index is 11.5. The van der Waals surface area contributed by atoms with Gasteiger partial charge < -0.3 is 20.4 Å². The normalized spacial score (nSPS) is 11.8. The Morgan fingerprint density at radius 1 is 0.800 bits per heavy atom. The molecule has 0 aromatic rings. The van der Waals surface area contributed by atoms with Crippen molar-refractivity contribution in [3.05, 3.63) is 0 Å². The molecule has 0 saturated carbocycles. The number of aliphatic hydroxyl groups is 3. The Bertz CT molecular complexity index is 382. The largest absolute Gasteiger partial charge is 0.480 e. The van der Waals surface area contributed by atoms with Crippen molar-refractivity contribution in [1.29, 1.82) is 0 Å². The molecule has 1 atom stereocenters. The summed E-state index contributed by atoms with van der Waals surface area (Å²) in [6.07, 6.45) is 11.7. The lowest BCUT2D eigenvalue weighted by atomic mass is 10.1. The minimum absolute atomic E-state index is 0.0694. The zero-order valence-electron chi connectivity index (χ0n) is 19.2. The Balaban J connectivity index is 0. The fourth-order valence-electron chi connectivity index (χ4n) is 2.84. The SMILES string of the molecule is CCCCCCCCCCCC(=O)CN[C@@H](C)C(=O)O.OCCN(CCO)CCO. The van der Waals surface area contributed by atoms with Gasteiger partial charge in [-0.1, -0.05) is 58.3 Å². The van der Waals surface area contributed by atoms with Crippen molar-refractivity contribution in [3.63, 3.8) is 0 Å². The molecular formula is C22H46N2O6. The van der Waals surface area contributed by atoms with Crippen LogP contribution in [-0.2, 0) is 9.59 Å². The number of carboxylic acid groups (broad SMARTS) is 1. The molecule has 0 aliphatic rings. The lowest BCUT2D eigenvalue weighted by Gasteiger charge is -2.17. The molecule has 0 saturated heterocycles. The van der Waals surface area contributed by atoms with Gasteiger partial charge >= 0.3 is 5.97 Å². The summed E-state index contributed by atoms with van der Waals surface area (Å²) < 4.78 is 0. The van der Waals surface area contributed by atoms with Crippen molar-refractivity contribution in [3.8, 4) is 0 Å². The van der Waals surface area contributed by atoms with Crippen molar-refractivity contribution in [2.75, 3.05) is 46.0 Å². The first-order valence-corrected chi connectivity index (χ1v) is 11.5. The molecule has 0 amide bonds. The molecule has 0 aliphatic carbocycles. The van der Waals surface area contributed by atoms with Crippen LogP contribution in [0.15, 0.2) is 0 Å². The number of nitrogens with zero attached hydrogens (tertiary/aromatic N) is 1. The topological polar surface area (TPSA) is 130 Å². The second-order valence-electron chi connectivity index (χ2n) is 7.57. The average molecular weight is 435 g/mol. The van der Waals surface area contributed by atoms with Crippen LogP contribution < -0.4 is 5.32 Å². The van der Waals surface area contributed by atoms with Gasteiger partial charge in [-0.2, -0.15) is 0 Å². The fraction of sp³-hybridized carbons (Fsp3) is 0.909. The molecule has 0 heterocycles. The van der Waals surface area contributed by atoms with E-state index in [1.165, 1.54) is 44.9 Å². The number of carbonyl (C=O) groups is 2. The fourth-order valence-corrected chi connectivity index (χ4v) is 2.84. The van der Waals surface area contributed by atoms with E-state index in [1.54, 1.807) is 11.8 Å². The maximum atomic E-state index is 11.5. The Labute approximate surface area is 182 Å². The van der Waals surface area contributed by atoms with Crippen molar-refractivity contribution in [2.45, 2.75) is 84.1 Å². The van der Waals surface area contributed by atoms with Gasteiger partial charge in [0.15, 0.2) is 0 Å². The third-order valence-corrected chi connectivity index (χ3v) is 4.78. The smallest absolute Gasteiger partial charge is 0.320 e. The van der Waals surface area contributed by atoms with Crippen LogP contribution in [0, 0.1) is 0 Å². The lowest BCUT2D eigenvalue weighted by molar-refractivity contribution is -0.139. The predicted octanol–water partition coefficient (Wildman–Crippen LogP) is 1.80. The molecule has 0 rings (SSSR count). The molecular weight excluding hydrogens is 388 g/mol. The van der Waals surface area contributed by atoms with Crippen LogP contribution in [-0.4, -0.2) is 89.1 Å². The van der Waals surface area contributed by atoms with Crippen LogP contribution in [0.5, 0.6) is 0 Å². The number of hydrogen-bond donors (Lipinski definition) is 5. The van der Waals surface area contributed by atoms with Crippen molar-refractivity contribution >= 4 is 11.8 Å². The number of Topliss-reactive ketones (excluding diaryl/α,β-unsaturated/α-hetero) is 1. The number of carboxylic acids is 1. The molecule has 0 unspecified atom stereocenters. The van der Waals surface area contributed by atoms with Gasteiger partial charge in [-0.05, 0) is 13.3 Å². The Morgan fingerprint density at radius 2 is 1.23 bits per heavy atom. The van der Waals surface area contributed by atoms with E-state index in [0.29, 0.717) is 26.1 Å². The van der Waals surface area contributed by atoms with Gasteiger partial charge in [0.2, 0.25) is 0 Å². The van der Waals surface area contributed by atoms with Gasteiger partial charge in [-0.25, -0.2) is 0 Å². The molecule has 5 N–H and O–H groups in total. The second kappa shape index (κ2) is 24.2. The van der Waals surface area contributed by atoms with E-state index in [1.807, 2.05) is 0 Å². The monoisotopic (exact) mass is 434 g/mol. The summed E-state index contributed by atoms with van der Waals surface area (Å²) >= 11 is 0. The summed E-state index contributed by atoms with van der Waals surface area (Å²) in [6.45, 7) is 5.70. The van der Waals surface area contributed by atoms with E-state index in [9.17, 15) is 9.59 Å². The van der Waals surface area contributed by atoms with E-state index >= 15 is 0 Å². The lowest BCUT2D eigenvalue weighted by Crippen LogP contribution is -2.37. The van der Waals surface area contributed by atoms with Crippen LogP contribution in [0.2, 0.25) is 0 Å². The number of carbonyl (C=O) groups excluding carboxylic acids is 1. The third kappa shape index (κ3) is 23.2. The molecule has 0 aromatic heterocycles. The zero-order valence-corrected chi connectivity index (χ0v) is 19.2. The number of rotatable bonds is 20. The number of ketones is 1. The highest BCUT2D eigenvalue weighted by molar-refractivity contribution is 5.81. The minimum atomic E-state index is -0.916. The first-order chi connectivity index (χ1) is 14.4. The van der Waals surface area contributed by atoms with Crippen LogP contribution >= 0.6 is 0 Å². The van der Waals surface area contributed by atoms with Crippen molar-refractivity contribution in [2.24, 2.45) is 0 Å². The molecule has 8 nitrogen and oxygen atoms in total. The standard InChI is InChI=1S/C16H31NO3.C6H15NO3/c1-3-4-5-6-7-8-9-10-11-12-15(18)13-17-14(2)16(19)20;8-4-1-7(2-5-9)3-6-10/h14,17H,3-13H2,1-2H3,(H,19,20);8-10H,1-6H2/t14-;/m0./s1. The van der Waals surface area contributed by atoms with Crippen LogP contribution in [0.3, 0.4) is 0 Å². The molecule has 0 aliphatic heterocycles. The van der Waals surface area contributed by atoms with Gasteiger partial charge in [0.1, 0.15) is 11.8 Å². The molecule has 0 aromatic carbocycles. The molecule has 0 bridgehead atoms. The van der Waals surface area contributed by atoms with E-state index in [4.69, 9.17) is 20.4 Å². The van der Waals surface area contributed by atoms with Gasteiger partial charge in [0.05, 0.1) is 26.4 Å². The predicted molar refractivity (Wildman–Crippen MR) is 120 cm³/mol. The first-order valence-electron chi connectivity index (χ1n) is 11.5. The molecule has 8 heteroatoms. The molecule has 0 spiro atoms. The van der Waals surface area contributed by atoms with Gasteiger partial charge in [0, 0.05) is 26.1 Å². The number of aliphatic hydroxyl groups excluding tert-OH is 3. The molecule has 30 heavy (non-hydrogen) atoms. The van der Waals surface area contributed by atoms with E-state index in [2.05, 4.69) is 12.2 Å². The summed E-state index contributed by atoms with van der Waals surface area (Å²) in [5.74, 6) is -0.804. The van der Waals surface area contributed by atoms with Crippen molar-refractivity contribution in [1.82, 2.24) is 10.2 Å². The average Bonchev–Trinajstić information content (AvgIpc) is 2.71. The summed E-state index contributed by atoms with van der Waals surface area (Å²) in [6, 6.07) is -0.651. The van der Waals surface area contributed by atoms with Gasteiger partial charge in [0.25, 0.3) is 0 Å². The van der Waals surface area contributed by atoms with E-state index in [-0.39, 0.29) is 32.1 Å². The number of aliphatic carboxylic acids is 1. The molecule has 0 radical (unpaired) electrons. The number of unbranched alkanes of at least 4 members (excludes halogenated alkanes) is 8. The Morgan fingerprint density at radius 3 is 1.63 bits per heavy atom. The summed E-state index contributed by atoms with van der Waals surface area (Å²) in [7, 11) is 0. The van der Waals surface area contributed by atoms with Crippen LogP contribution in [0.1, 0.15) is 78.1 Å².